The molecule has 2 N–H and O–H groups in total. The van der Waals surface area contributed by atoms with Crippen molar-refractivity contribution in [3.05, 3.63) is 36.0 Å². The molecule has 1 saturated carbocycles. The fraction of sp³-hybridized carbons (Fsp3) is 0.500. The number of amides is 1. The van der Waals surface area contributed by atoms with Gasteiger partial charge in [-0.05, 0) is 30.7 Å². The minimum atomic E-state index is -4.51. The number of pyridine rings is 1. The number of alkyl halides is 3. The minimum absolute atomic E-state index is 0.0436. The number of nitrogens with zero attached hydrogens (tertiary/aromatic N) is 3. The number of fused-ring (bicyclic) bond motifs is 2. The molecule has 0 radical (unpaired) electrons. The second-order valence-corrected chi connectivity index (χ2v) is 8.75. The van der Waals surface area contributed by atoms with E-state index in [1.807, 2.05) is 0 Å². The lowest BCUT2D eigenvalue weighted by molar-refractivity contribution is -0.191. The van der Waals surface area contributed by atoms with E-state index in [2.05, 4.69) is 21.7 Å². The predicted octanol–water partition coefficient (Wildman–Crippen LogP) is 1.97. The number of nitriles is 1. The highest BCUT2D eigenvalue weighted by molar-refractivity contribution is 5.97. The van der Waals surface area contributed by atoms with Crippen LogP contribution in [0.1, 0.15) is 12.0 Å². The van der Waals surface area contributed by atoms with Crippen molar-refractivity contribution in [1.82, 2.24) is 15.6 Å². The second-order valence-electron chi connectivity index (χ2n) is 8.75. The smallest absolute Gasteiger partial charge is 0.374 e. The number of aromatic nitrogens is 1. The van der Waals surface area contributed by atoms with E-state index in [0.29, 0.717) is 41.9 Å². The summed E-state index contributed by atoms with van der Waals surface area (Å²) < 4.78 is 48.2. The molecule has 1 aliphatic carbocycles. The van der Waals surface area contributed by atoms with Gasteiger partial charge in [0, 0.05) is 50.0 Å². The number of halogens is 3. The second kappa shape index (κ2) is 7.32. The van der Waals surface area contributed by atoms with Crippen LogP contribution in [0, 0.1) is 22.2 Å². The highest BCUT2D eigenvalue weighted by Crippen LogP contribution is 2.75. The standard InChI is InChI=1S/C22H22F3N5O2/c23-22(24,25)21-11-20(21,19(31)29-10-15-9-27-6-7-32-15)12-30(13-21)17-4-3-14(8-26)18-16(17)2-1-5-28-18/h1-5,15,27H,6-7,9-13H2,(H,29,31)/t15-,20+,21+/m1/s1. The van der Waals surface area contributed by atoms with Crippen LogP contribution in [0.15, 0.2) is 30.5 Å². The van der Waals surface area contributed by atoms with Crippen molar-refractivity contribution in [2.45, 2.75) is 18.7 Å². The summed E-state index contributed by atoms with van der Waals surface area (Å²) >= 11 is 0. The SMILES string of the molecule is N#Cc1ccc(N2C[C@]3(C(=O)NC[C@H]4CNCCO4)C[C@]3(C(F)(F)F)C2)c2cccnc12. The fourth-order valence-electron chi connectivity index (χ4n) is 5.24. The maximum atomic E-state index is 14.2. The Bertz CT molecular complexity index is 1110. The van der Waals surface area contributed by atoms with Gasteiger partial charge in [-0.1, -0.05) is 0 Å². The summed E-state index contributed by atoms with van der Waals surface area (Å²) in [5.74, 6) is -0.581. The van der Waals surface area contributed by atoms with Crippen molar-refractivity contribution in [3.63, 3.8) is 0 Å². The molecule has 10 heteroatoms. The molecule has 7 nitrogen and oxygen atoms in total. The van der Waals surface area contributed by atoms with Crippen molar-refractivity contribution in [3.8, 4) is 6.07 Å². The topological polar surface area (TPSA) is 90.3 Å². The number of carbonyl (C=O) groups is 1. The molecule has 3 heterocycles. The number of ether oxygens (including phenoxy) is 1. The Morgan fingerprint density at radius 2 is 2.22 bits per heavy atom. The van der Waals surface area contributed by atoms with E-state index in [0.717, 1.165) is 0 Å². The Morgan fingerprint density at radius 1 is 1.38 bits per heavy atom. The van der Waals surface area contributed by atoms with Gasteiger partial charge >= 0.3 is 6.18 Å². The quantitative estimate of drug-likeness (QED) is 0.748. The third-order valence-electron chi connectivity index (χ3n) is 7.00. The Morgan fingerprint density at radius 3 is 2.94 bits per heavy atom. The highest BCUT2D eigenvalue weighted by Gasteiger charge is 2.86. The number of morpholine rings is 1. The van der Waals surface area contributed by atoms with Gasteiger partial charge < -0.3 is 20.3 Å². The van der Waals surface area contributed by atoms with Gasteiger partial charge in [0.15, 0.2) is 0 Å². The summed E-state index contributed by atoms with van der Waals surface area (Å²) in [5.41, 5.74) is -2.27. The molecular weight excluding hydrogens is 423 g/mol. The molecule has 3 atom stereocenters. The first-order valence-electron chi connectivity index (χ1n) is 10.5. The normalized spacial score (nSPS) is 29.4. The van der Waals surface area contributed by atoms with Crippen LogP contribution in [-0.2, 0) is 9.53 Å². The number of hydrogen-bond acceptors (Lipinski definition) is 6. The van der Waals surface area contributed by atoms with Gasteiger partial charge in [0.2, 0.25) is 5.91 Å². The molecule has 1 aromatic heterocycles. The maximum absolute atomic E-state index is 14.2. The zero-order valence-electron chi connectivity index (χ0n) is 17.2. The molecule has 1 aromatic carbocycles. The van der Waals surface area contributed by atoms with Gasteiger partial charge in [0.05, 0.1) is 29.2 Å². The van der Waals surface area contributed by atoms with Gasteiger partial charge in [0.1, 0.15) is 11.5 Å². The van der Waals surface area contributed by atoms with Crippen molar-refractivity contribution in [1.29, 1.82) is 5.26 Å². The van der Waals surface area contributed by atoms with Crippen LogP contribution in [0.25, 0.3) is 10.9 Å². The molecule has 0 spiro atoms. The van der Waals surface area contributed by atoms with Crippen LogP contribution >= 0.6 is 0 Å². The van der Waals surface area contributed by atoms with Gasteiger partial charge in [-0.3, -0.25) is 9.78 Å². The van der Waals surface area contributed by atoms with Crippen LogP contribution in [0.4, 0.5) is 18.9 Å². The number of hydrogen-bond donors (Lipinski definition) is 2. The lowest BCUT2D eigenvalue weighted by Gasteiger charge is -2.26. The minimum Gasteiger partial charge on any atom is -0.374 e. The monoisotopic (exact) mass is 445 g/mol. The van der Waals surface area contributed by atoms with Crippen LogP contribution in [0.5, 0.6) is 0 Å². The number of carbonyl (C=O) groups excluding carboxylic acids is 1. The van der Waals surface area contributed by atoms with Crippen molar-refractivity contribution < 1.29 is 22.7 Å². The average molecular weight is 445 g/mol. The molecule has 2 aliphatic heterocycles. The number of anilines is 1. The molecule has 0 bridgehead atoms. The number of piperidine rings is 1. The van der Waals surface area contributed by atoms with E-state index in [1.54, 1.807) is 35.4 Å². The van der Waals surface area contributed by atoms with E-state index in [4.69, 9.17) is 4.74 Å². The third kappa shape index (κ3) is 3.03. The lowest BCUT2D eigenvalue weighted by Crippen LogP contribution is -2.48. The van der Waals surface area contributed by atoms with Crippen LogP contribution < -0.4 is 15.5 Å². The Balaban J connectivity index is 1.44. The van der Waals surface area contributed by atoms with E-state index in [1.165, 1.54) is 0 Å². The molecule has 3 fully saturated rings. The molecule has 1 amide bonds. The zero-order valence-corrected chi connectivity index (χ0v) is 17.2. The van der Waals surface area contributed by atoms with Crippen molar-refractivity contribution >= 4 is 22.5 Å². The molecule has 2 aromatic rings. The first-order valence-corrected chi connectivity index (χ1v) is 10.5. The van der Waals surface area contributed by atoms with Gasteiger partial charge in [0.25, 0.3) is 0 Å². The van der Waals surface area contributed by atoms with E-state index < -0.39 is 22.9 Å². The molecule has 0 unspecified atom stereocenters. The van der Waals surface area contributed by atoms with Gasteiger partial charge in [-0.25, -0.2) is 0 Å². The van der Waals surface area contributed by atoms with Crippen LogP contribution in [-0.4, -0.2) is 62.5 Å². The average Bonchev–Trinajstić information content (AvgIpc) is 3.35. The summed E-state index contributed by atoms with van der Waals surface area (Å²) in [6.45, 7) is 1.60. The largest absolute Gasteiger partial charge is 0.397 e. The number of rotatable bonds is 4. The van der Waals surface area contributed by atoms with Crippen LogP contribution in [0.2, 0.25) is 0 Å². The molecule has 5 rings (SSSR count). The Hall–Kier alpha value is -2.90. The van der Waals surface area contributed by atoms with Gasteiger partial charge in [-0.15, -0.1) is 0 Å². The van der Waals surface area contributed by atoms with Crippen LogP contribution in [0.3, 0.4) is 0 Å². The first kappa shape index (κ1) is 21.0. The van der Waals surface area contributed by atoms with Crippen molar-refractivity contribution in [2.75, 3.05) is 44.2 Å². The summed E-state index contributed by atoms with van der Waals surface area (Å²) in [6, 6.07) is 8.70. The Kier molecular flexibility index (Phi) is 4.80. The summed E-state index contributed by atoms with van der Waals surface area (Å²) in [5, 5.41) is 15.8. The fourth-order valence-corrected chi connectivity index (χ4v) is 5.24. The highest BCUT2D eigenvalue weighted by atomic mass is 19.4. The predicted molar refractivity (Wildman–Crippen MR) is 110 cm³/mol. The zero-order chi connectivity index (χ0) is 22.6. The lowest BCUT2D eigenvalue weighted by atomic mass is 9.94. The third-order valence-corrected chi connectivity index (χ3v) is 7.00. The van der Waals surface area contributed by atoms with E-state index in [-0.39, 0.29) is 32.2 Å². The molecule has 3 aliphatic rings. The summed E-state index contributed by atoms with van der Waals surface area (Å²) in [6.07, 6.45) is -3.44. The summed E-state index contributed by atoms with van der Waals surface area (Å²) in [4.78, 5) is 18.9. The number of benzene rings is 1. The Labute approximate surface area is 182 Å². The van der Waals surface area contributed by atoms with E-state index >= 15 is 0 Å². The number of nitrogens with one attached hydrogen (secondary N) is 2. The molecule has 32 heavy (non-hydrogen) atoms. The van der Waals surface area contributed by atoms with E-state index in [9.17, 15) is 23.2 Å². The van der Waals surface area contributed by atoms with Gasteiger partial charge in [-0.2, -0.15) is 18.4 Å². The molecule has 168 valence electrons. The summed E-state index contributed by atoms with van der Waals surface area (Å²) in [7, 11) is 0. The maximum Gasteiger partial charge on any atom is 0.397 e. The van der Waals surface area contributed by atoms with Crippen molar-refractivity contribution in [2.24, 2.45) is 10.8 Å². The first-order chi connectivity index (χ1) is 15.3. The molecular formula is C22H22F3N5O2. The molecule has 2 saturated heterocycles.